The van der Waals surface area contributed by atoms with Crippen molar-refractivity contribution in [2.45, 2.75) is 32.0 Å². The summed E-state index contributed by atoms with van der Waals surface area (Å²) in [7, 11) is 0. The molecule has 3 rings (SSSR count). The van der Waals surface area contributed by atoms with Gasteiger partial charge in [0.15, 0.2) is 0 Å². The van der Waals surface area contributed by atoms with Crippen LogP contribution in [0.4, 0.5) is 4.39 Å². The maximum atomic E-state index is 14.3. The van der Waals surface area contributed by atoms with Crippen molar-refractivity contribution in [3.05, 3.63) is 71.0 Å². The van der Waals surface area contributed by atoms with Crippen LogP contribution in [0.25, 0.3) is 0 Å². The highest BCUT2D eigenvalue weighted by atomic mass is 19.1. The number of nitrogens with zero attached hydrogens (tertiary/aromatic N) is 1. The Balaban J connectivity index is 1.81. The smallest absolute Gasteiger partial charge is 0.132 e. The first-order chi connectivity index (χ1) is 10.3. The van der Waals surface area contributed by atoms with E-state index < -0.39 is 0 Å². The molecule has 3 heteroatoms. The number of hydrogen-bond acceptors (Lipinski definition) is 2. The lowest BCUT2D eigenvalue weighted by atomic mass is 10.0. The zero-order valence-electron chi connectivity index (χ0n) is 12.1. The molecule has 1 atom stereocenters. The first-order valence-corrected chi connectivity index (χ1v) is 7.55. The van der Waals surface area contributed by atoms with Gasteiger partial charge >= 0.3 is 0 Å². The Morgan fingerprint density at radius 3 is 2.57 bits per heavy atom. The van der Waals surface area contributed by atoms with Crippen LogP contribution in [0.2, 0.25) is 0 Å². The van der Waals surface area contributed by atoms with Crippen LogP contribution in [0.5, 0.6) is 0 Å². The van der Waals surface area contributed by atoms with E-state index >= 15 is 0 Å². The average molecular weight is 284 g/mol. The standard InChI is InChI=1S/C18H21FN2/c19-18-15(12-20)8-4-9-16(18)13-21-11-5-10-17(21)14-6-2-1-3-7-14/h1-4,6-9,17H,5,10-13,20H2. The molecule has 2 aromatic carbocycles. The number of hydrogen-bond donors (Lipinski definition) is 1. The molecule has 1 unspecified atom stereocenters. The third-order valence-electron chi connectivity index (χ3n) is 4.30. The predicted molar refractivity (Wildman–Crippen MR) is 83.1 cm³/mol. The molecule has 0 amide bonds. The fraction of sp³-hybridized carbons (Fsp3) is 0.333. The first kappa shape index (κ1) is 14.2. The van der Waals surface area contributed by atoms with E-state index in [1.54, 1.807) is 6.07 Å². The lowest BCUT2D eigenvalue weighted by molar-refractivity contribution is 0.245. The van der Waals surface area contributed by atoms with Crippen LogP contribution in [-0.2, 0) is 13.1 Å². The van der Waals surface area contributed by atoms with Crippen molar-refractivity contribution in [3.63, 3.8) is 0 Å². The van der Waals surface area contributed by atoms with Crippen molar-refractivity contribution < 1.29 is 4.39 Å². The lowest BCUT2D eigenvalue weighted by Gasteiger charge is -2.25. The topological polar surface area (TPSA) is 29.3 Å². The molecule has 1 heterocycles. The minimum atomic E-state index is -0.140. The van der Waals surface area contributed by atoms with Gasteiger partial charge < -0.3 is 5.73 Å². The van der Waals surface area contributed by atoms with Gasteiger partial charge in [-0.15, -0.1) is 0 Å². The highest BCUT2D eigenvalue weighted by molar-refractivity contribution is 5.27. The van der Waals surface area contributed by atoms with Crippen molar-refractivity contribution in [3.8, 4) is 0 Å². The summed E-state index contributed by atoms with van der Waals surface area (Å²) < 4.78 is 14.3. The summed E-state index contributed by atoms with van der Waals surface area (Å²) >= 11 is 0. The molecule has 1 aliphatic heterocycles. The molecule has 1 aliphatic rings. The van der Waals surface area contributed by atoms with Gasteiger partial charge in [0, 0.05) is 30.3 Å². The number of benzene rings is 2. The van der Waals surface area contributed by atoms with Crippen molar-refractivity contribution >= 4 is 0 Å². The van der Waals surface area contributed by atoms with Crippen molar-refractivity contribution in [2.24, 2.45) is 5.73 Å². The van der Waals surface area contributed by atoms with Crippen LogP contribution >= 0.6 is 0 Å². The van der Waals surface area contributed by atoms with E-state index in [1.165, 1.54) is 5.56 Å². The van der Waals surface area contributed by atoms with Gasteiger partial charge in [-0.25, -0.2) is 4.39 Å². The van der Waals surface area contributed by atoms with Gasteiger partial charge in [0.25, 0.3) is 0 Å². The van der Waals surface area contributed by atoms with E-state index in [0.29, 0.717) is 18.2 Å². The molecule has 1 fully saturated rings. The van der Waals surface area contributed by atoms with Crippen LogP contribution in [0.1, 0.15) is 35.6 Å². The van der Waals surface area contributed by atoms with Gasteiger partial charge in [0.1, 0.15) is 5.82 Å². The monoisotopic (exact) mass is 284 g/mol. The summed E-state index contributed by atoms with van der Waals surface area (Å²) in [5.41, 5.74) is 8.27. The molecule has 2 aromatic rings. The predicted octanol–water partition coefficient (Wildman–Crippen LogP) is 3.62. The summed E-state index contributed by atoms with van der Waals surface area (Å²) in [4.78, 5) is 2.37. The summed E-state index contributed by atoms with van der Waals surface area (Å²) in [6.07, 6.45) is 2.31. The number of halogens is 1. The molecule has 2 N–H and O–H groups in total. The Bertz CT molecular complexity index is 597. The fourth-order valence-electron chi connectivity index (χ4n) is 3.20. The Hall–Kier alpha value is -1.71. The number of rotatable bonds is 4. The minimum absolute atomic E-state index is 0.140. The van der Waals surface area contributed by atoms with E-state index in [-0.39, 0.29) is 12.4 Å². The third kappa shape index (κ3) is 2.99. The second-order valence-corrected chi connectivity index (χ2v) is 5.63. The second-order valence-electron chi connectivity index (χ2n) is 5.63. The van der Waals surface area contributed by atoms with E-state index in [2.05, 4.69) is 29.2 Å². The summed E-state index contributed by atoms with van der Waals surface area (Å²) in [5, 5.41) is 0. The zero-order chi connectivity index (χ0) is 14.7. The average Bonchev–Trinajstić information content (AvgIpc) is 2.98. The summed E-state index contributed by atoms with van der Waals surface area (Å²) in [6.45, 7) is 1.92. The molecule has 0 bridgehead atoms. The first-order valence-electron chi connectivity index (χ1n) is 7.55. The van der Waals surface area contributed by atoms with Crippen molar-refractivity contribution in [1.29, 1.82) is 0 Å². The highest BCUT2D eigenvalue weighted by Crippen LogP contribution is 2.33. The third-order valence-corrected chi connectivity index (χ3v) is 4.30. The molecular weight excluding hydrogens is 263 g/mol. The Kier molecular flexibility index (Phi) is 4.32. The number of likely N-dealkylation sites (tertiary alicyclic amines) is 1. The van der Waals surface area contributed by atoms with E-state index in [9.17, 15) is 4.39 Å². The largest absolute Gasteiger partial charge is 0.326 e. The van der Waals surface area contributed by atoms with E-state index in [0.717, 1.165) is 24.9 Å². The van der Waals surface area contributed by atoms with Gasteiger partial charge in [-0.2, -0.15) is 0 Å². The molecule has 0 saturated carbocycles. The van der Waals surface area contributed by atoms with Gasteiger partial charge in [-0.05, 0) is 24.9 Å². The Morgan fingerprint density at radius 2 is 1.81 bits per heavy atom. The molecule has 0 aliphatic carbocycles. The van der Waals surface area contributed by atoms with Crippen LogP contribution in [0.15, 0.2) is 48.5 Å². The summed E-state index contributed by atoms with van der Waals surface area (Å²) in [5.74, 6) is -0.140. The van der Waals surface area contributed by atoms with Crippen LogP contribution < -0.4 is 5.73 Å². The number of nitrogens with two attached hydrogens (primary N) is 1. The van der Waals surface area contributed by atoms with Gasteiger partial charge in [0.2, 0.25) is 0 Å². The normalized spacial score (nSPS) is 19.0. The maximum absolute atomic E-state index is 14.3. The Morgan fingerprint density at radius 1 is 1.05 bits per heavy atom. The van der Waals surface area contributed by atoms with E-state index in [4.69, 9.17) is 5.73 Å². The SMILES string of the molecule is NCc1cccc(CN2CCCC2c2ccccc2)c1F. The zero-order valence-corrected chi connectivity index (χ0v) is 12.1. The highest BCUT2D eigenvalue weighted by Gasteiger charge is 2.26. The van der Waals surface area contributed by atoms with Crippen LogP contribution in [0.3, 0.4) is 0 Å². The molecule has 2 nitrogen and oxygen atoms in total. The van der Waals surface area contributed by atoms with E-state index in [1.807, 2.05) is 18.2 Å². The lowest BCUT2D eigenvalue weighted by Crippen LogP contribution is -2.23. The maximum Gasteiger partial charge on any atom is 0.132 e. The second kappa shape index (κ2) is 6.37. The summed E-state index contributed by atoms with van der Waals surface area (Å²) in [6, 6.07) is 16.4. The molecule has 0 radical (unpaired) electrons. The molecule has 0 spiro atoms. The molecule has 21 heavy (non-hydrogen) atoms. The van der Waals surface area contributed by atoms with Gasteiger partial charge in [0.05, 0.1) is 0 Å². The Labute approximate surface area is 125 Å². The van der Waals surface area contributed by atoms with Crippen LogP contribution in [-0.4, -0.2) is 11.4 Å². The molecule has 110 valence electrons. The molecule has 1 saturated heterocycles. The van der Waals surface area contributed by atoms with Crippen molar-refractivity contribution in [2.75, 3.05) is 6.54 Å². The quantitative estimate of drug-likeness (QED) is 0.929. The molecule has 0 aromatic heterocycles. The van der Waals surface area contributed by atoms with Gasteiger partial charge in [-0.1, -0.05) is 48.5 Å². The minimum Gasteiger partial charge on any atom is -0.326 e. The molecular formula is C18H21FN2. The fourth-order valence-corrected chi connectivity index (χ4v) is 3.20. The van der Waals surface area contributed by atoms with Crippen LogP contribution in [0, 0.1) is 5.82 Å². The van der Waals surface area contributed by atoms with Crippen molar-refractivity contribution in [1.82, 2.24) is 4.90 Å². The van der Waals surface area contributed by atoms with Gasteiger partial charge in [-0.3, -0.25) is 4.90 Å².